The Hall–Kier alpha value is -4.04. The first-order valence-electron chi connectivity index (χ1n) is 10.2. The van der Waals surface area contributed by atoms with E-state index < -0.39 is 0 Å². The second kappa shape index (κ2) is 8.99. The predicted molar refractivity (Wildman–Crippen MR) is 125 cm³/mol. The van der Waals surface area contributed by atoms with Crippen molar-refractivity contribution in [3.05, 3.63) is 101 Å². The van der Waals surface area contributed by atoms with Gasteiger partial charge in [-0.2, -0.15) is 0 Å². The lowest BCUT2D eigenvalue weighted by Crippen LogP contribution is -2.28. The third kappa shape index (κ3) is 4.21. The van der Waals surface area contributed by atoms with Crippen LogP contribution in [0.4, 0.5) is 0 Å². The molecule has 0 aliphatic heterocycles. The molecule has 0 saturated heterocycles. The first-order chi connectivity index (χ1) is 15.8. The molecule has 0 spiro atoms. The average Bonchev–Trinajstić information content (AvgIpc) is 3.43. The maximum absolute atomic E-state index is 12.6. The van der Waals surface area contributed by atoms with Gasteiger partial charge in [-0.1, -0.05) is 78.0 Å². The second-order valence-electron chi connectivity index (χ2n) is 7.22. The first kappa shape index (κ1) is 19.9. The van der Waals surface area contributed by atoms with E-state index in [9.17, 15) is 4.79 Å². The highest BCUT2D eigenvalue weighted by Crippen LogP contribution is 2.20. The maximum Gasteiger partial charge on any atom is 0.261 e. The van der Waals surface area contributed by atoms with Crippen molar-refractivity contribution in [3.63, 3.8) is 0 Å². The minimum Gasteiger partial charge on any atom is -0.311 e. The highest BCUT2D eigenvalue weighted by molar-refractivity contribution is 7.07. The third-order valence-corrected chi connectivity index (χ3v) is 5.90. The number of para-hydroxylation sites is 1. The van der Waals surface area contributed by atoms with Gasteiger partial charge in [-0.05, 0) is 23.3 Å². The van der Waals surface area contributed by atoms with Crippen molar-refractivity contribution in [1.82, 2.24) is 25.0 Å². The Labute approximate surface area is 188 Å². The number of rotatable bonds is 6. The summed E-state index contributed by atoms with van der Waals surface area (Å²) in [5.41, 5.74) is 7.55. The number of thiazole rings is 1. The number of benzene rings is 3. The van der Waals surface area contributed by atoms with E-state index in [-0.39, 0.29) is 12.5 Å². The number of hydrogen-bond acceptors (Lipinski definition) is 5. The van der Waals surface area contributed by atoms with Crippen LogP contribution in [0.5, 0.6) is 0 Å². The fourth-order valence-electron chi connectivity index (χ4n) is 3.49. The van der Waals surface area contributed by atoms with Crippen LogP contribution < -0.4 is 10.2 Å². The van der Waals surface area contributed by atoms with Crippen LogP contribution in [0, 0.1) is 0 Å². The molecule has 8 heteroatoms. The highest BCUT2D eigenvalue weighted by atomic mass is 32.1. The van der Waals surface area contributed by atoms with Crippen LogP contribution in [-0.2, 0) is 17.9 Å². The van der Waals surface area contributed by atoms with Gasteiger partial charge in [0.1, 0.15) is 12.1 Å². The van der Waals surface area contributed by atoms with Gasteiger partial charge in [-0.25, -0.2) is 10.1 Å². The molecule has 5 rings (SSSR count). The Morgan fingerprint density at radius 3 is 2.47 bits per heavy atom. The van der Waals surface area contributed by atoms with Gasteiger partial charge < -0.3 is 4.57 Å². The van der Waals surface area contributed by atoms with Crippen LogP contribution in [0.15, 0.2) is 95.4 Å². The summed E-state index contributed by atoms with van der Waals surface area (Å²) < 4.78 is 3.68. The van der Waals surface area contributed by atoms with E-state index in [1.807, 2.05) is 60.7 Å². The predicted octanol–water partition coefficient (Wildman–Crippen LogP) is 3.64. The van der Waals surface area contributed by atoms with Gasteiger partial charge in [0.05, 0.1) is 17.8 Å². The largest absolute Gasteiger partial charge is 0.311 e. The van der Waals surface area contributed by atoms with Crippen molar-refractivity contribution in [2.24, 2.45) is 5.10 Å². The molecular weight excluding hydrogens is 420 g/mol. The molecule has 158 valence electrons. The molecule has 3 aromatic carbocycles. The lowest BCUT2D eigenvalue weighted by Gasteiger charge is -2.09. The molecule has 7 nitrogen and oxygen atoms in total. The molecule has 0 aliphatic carbocycles. The van der Waals surface area contributed by atoms with Crippen molar-refractivity contribution < 1.29 is 4.79 Å². The minimum atomic E-state index is -0.262. The number of amides is 1. The van der Waals surface area contributed by atoms with Crippen LogP contribution in [0.25, 0.3) is 22.3 Å². The van der Waals surface area contributed by atoms with Crippen molar-refractivity contribution in [1.29, 1.82) is 0 Å². The molecule has 0 unspecified atom stereocenters. The topological polar surface area (TPSA) is 77.1 Å². The second-order valence-corrected chi connectivity index (χ2v) is 8.06. The van der Waals surface area contributed by atoms with Crippen molar-refractivity contribution in [3.8, 4) is 11.3 Å². The zero-order valence-electron chi connectivity index (χ0n) is 17.1. The van der Waals surface area contributed by atoms with Crippen LogP contribution in [0.1, 0.15) is 5.56 Å². The number of hydrogen-bond donors (Lipinski definition) is 1. The van der Waals surface area contributed by atoms with Crippen LogP contribution in [0.3, 0.4) is 0 Å². The lowest BCUT2D eigenvalue weighted by molar-refractivity contribution is -0.121. The molecule has 1 amide bonds. The summed E-state index contributed by atoms with van der Waals surface area (Å²) in [5.74, 6) is -0.262. The zero-order chi connectivity index (χ0) is 21.8. The van der Waals surface area contributed by atoms with Crippen LogP contribution in [0.2, 0.25) is 0 Å². The first-order valence-corrected chi connectivity index (χ1v) is 11.0. The van der Waals surface area contributed by atoms with E-state index in [1.54, 1.807) is 4.68 Å². The summed E-state index contributed by atoms with van der Waals surface area (Å²) in [5, 5.41) is 14.7. The normalized spacial score (nSPS) is 11.7. The summed E-state index contributed by atoms with van der Waals surface area (Å²) in [6, 6.07) is 27.9. The van der Waals surface area contributed by atoms with Gasteiger partial charge in [0.15, 0.2) is 0 Å². The molecular formula is C24H20N6OS. The Kier molecular flexibility index (Phi) is 5.59. The number of carbonyl (C=O) groups is 1. The summed E-state index contributed by atoms with van der Waals surface area (Å²) >= 11 is 1.49. The molecule has 32 heavy (non-hydrogen) atoms. The van der Waals surface area contributed by atoms with Crippen molar-refractivity contribution in [2.45, 2.75) is 13.1 Å². The van der Waals surface area contributed by atoms with E-state index in [0.717, 1.165) is 27.9 Å². The SMILES string of the molecule is O=C(Cn1nnc2ccccc21)N/N=c1\scc(-c2ccccc2)n1Cc1ccccc1. The maximum atomic E-state index is 12.6. The molecule has 0 aliphatic rings. The van der Waals surface area contributed by atoms with Gasteiger partial charge in [0, 0.05) is 5.38 Å². The highest BCUT2D eigenvalue weighted by Gasteiger charge is 2.11. The fraction of sp³-hybridized carbons (Fsp3) is 0.0833. The van der Waals surface area contributed by atoms with Crippen molar-refractivity contribution >= 4 is 28.3 Å². The van der Waals surface area contributed by atoms with E-state index in [2.05, 4.69) is 55.1 Å². The molecule has 0 bridgehead atoms. The smallest absolute Gasteiger partial charge is 0.261 e. The molecule has 0 radical (unpaired) electrons. The number of carbonyl (C=O) groups excluding carboxylic acids is 1. The van der Waals surface area contributed by atoms with Crippen molar-refractivity contribution in [2.75, 3.05) is 0 Å². The van der Waals surface area contributed by atoms with E-state index >= 15 is 0 Å². The summed E-state index contributed by atoms with van der Waals surface area (Å²) in [6.45, 7) is 0.691. The van der Waals surface area contributed by atoms with Gasteiger partial charge in [-0.15, -0.1) is 21.5 Å². The number of nitrogens with zero attached hydrogens (tertiary/aromatic N) is 5. The monoisotopic (exact) mass is 440 g/mol. The van der Waals surface area contributed by atoms with Crippen LogP contribution >= 0.6 is 11.3 Å². The summed E-state index contributed by atoms with van der Waals surface area (Å²) in [6.07, 6.45) is 0. The van der Waals surface area contributed by atoms with Gasteiger partial charge >= 0.3 is 0 Å². The quantitative estimate of drug-likeness (QED) is 0.410. The van der Waals surface area contributed by atoms with E-state index in [1.165, 1.54) is 11.3 Å². The minimum absolute atomic E-state index is 0.0413. The molecule has 0 atom stereocenters. The Morgan fingerprint density at radius 2 is 1.66 bits per heavy atom. The third-order valence-electron chi connectivity index (χ3n) is 5.04. The molecule has 2 aromatic heterocycles. The Balaban J connectivity index is 1.43. The number of nitrogens with one attached hydrogen (secondary N) is 1. The zero-order valence-corrected chi connectivity index (χ0v) is 17.9. The summed E-state index contributed by atoms with van der Waals surface area (Å²) in [7, 11) is 0. The molecule has 5 aromatic rings. The number of aromatic nitrogens is 4. The molecule has 0 fully saturated rings. The molecule has 0 saturated carbocycles. The molecule has 1 N–H and O–H groups in total. The Bertz CT molecular complexity index is 1420. The average molecular weight is 441 g/mol. The van der Waals surface area contributed by atoms with Crippen LogP contribution in [-0.4, -0.2) is 25.5 Å². The van der Waals surface area contributed by atoms with E-state index in [0.29, 0.717) is 11.3 Å². The Morgan fingerprint density at radius 1 is 0.938 bits per heavy atom. The molecule has 2 heterocycles. The number of fused-ring (bicyclic) bond motifs is 1. The van der Waals surface area contributed by atoms with Gasteiger partial charge in [0.25, 0.3) is 5.91 Å². The standard InChI is InChI=1S/C24H20N6OS/c31-23(16-30-21-14-8-7-13-20(21)25-28-30)26-27-24-29(15-18-9-3-1-4-10-18)22(17-32-24)19-11-5-2-6-12-19/h1-14,17H,15-16H2,(H,26,31)/b27-24-. The summed E-state index contributed by atoms with van der Waals surface area (Å²) in [4.78, 5) is 13.3. The fourth-order valence-corrected chi connectivity index (χ4v) is 4.36. The van der Waals surface area contributed by atoms with E-state index in [4.69, 9.17) is 0 Å². The van der Waals surface area contributed by atoms with Gasteiger partial charge in [-0.3, -0.25) is 4.79 Å². The lowest BCUT2D eigenvalue weighted by atomic mass is 10.1. The van der Waals surface area contributed by atoms with Gasteiger partial charge in [0.2, 0.25) is 4.80 Å².